The number of carboxylic acids is 1. The largest absolute Gasteiger partial charge is 0.478 e. The fourth-order valence-corrected chi connectivity index (χ4v) is 2.90. The number of carboxylic acid groups (broad SMARTS) is 1. The number of rotatable bonds is 4. The van der Waals surface area contributed by atoms with E-state index in [-0.39, 0.29) is 17.5 Å². The molecule has 1 atom stereocenters. The first-order valence-electron chi connectivity index (χ1n) is 6.10. The van der Waals surface area contributed by atoms with Gasteiger partial charge in [-0.2, -0.15) is 11.8 Å². The average Bonchev–Trinajstić information content (AvgIpc) is 2.40. The van der Waals surface area contributed by atoms with Crippen LogP contribution < -0.4 is 10.6 Å². The molecule has 1 saturated heterocycles. The van der Waals surface area contributed by atoms with Gasteiger partial charge in [0, 0.05) is 30.5 Å². The molecule has 3 N–H and O–H groups in total. The molecule has 2 rings (SSSR count). The Kier molecular flexibility index (Phi) is 4.81. The molecule has 102 valence electrons. The van der Waals surface area contributed by atoms with Gasteiger partial charge in [0.2, 0.25) is 5.91 Å². The molecule has 1 aliphatic heterocycles. The third kappa shape index (κ3) is 3.97. The summed E-state index contributed by atoms with van der Waals surface area (Å²) >= 11 is 1.82. The van der Waals surface area contributed by atoms with Gasteiger partial charge in [-0.05, 0) is 12.1 Å². The maximum absolute atomic E-state index is 11.9. The van der Waals surface area contributed by atoms with Crippen LogP contribution in [0.5, 0.6) is 0 Å². The SMILES string of the molecule is O=C(CC1CSCCN1)Nc1ccccc1C(=O)O. The van der Waals surface area contributed by atoms with Gasteiger partial charge in [0.05, 0.1) is 11.3 Å². The number of carbonyl (C=O) groups excluding carboxylic acids is 1. The molecule has 0 spiro atoms. The lowest BCUT2D eigenvalue weighted by Gasteiger charge is -2.22. The first kappa shape index (κ1) is 13.9. The molecule has 0 aliphatic carbocycles. The second kappa shape index (κ2) is 6.58. The van der Waals surface area contributed by atoms with Gasteiger partial charge in [-0.15, -0.1) is 0 Å². The lowest BCUT2D eigenvalue weighted by molar-refractivity contribution is -0.116. The van der Waals surface area contributed by atoms with Crippen molar-refractivity contribution in [1.82, 2.24) is 5.32 Å². The summed E-state index contributed by atoms with van der Waals surface area (Å²) in [6.45, 7) is 0.911. The summed E-state index contributed by atoms with van der Waals surface area (Å²) in [4.78, 5) is 22.9. The number of para-hydroxylation sites is 1. The molecule has 1 heterocycles. The van der Waals surface area contributed by atoms with Gasteiger partial charge in [-0.1, -0.05) is 12.1 Å². The Balaban J connectivity index is 1.96. The molecule has 0 saturated carbocycles. The van der Waals surface area contributed by atoms with Crippen molar-refractivity contribution in [3.8, 4) is 0 Å². The van der Waals surface area contributed by atoms with Crippen molar-refractivity contribution >= 4 is 29.3 Å². The lowest BCUT2D eigenvalue weighted by Crippen LogP contribution is -2.40. The number of amides is 1. The topological polar surface area (TPSA) is 78.4 Å². The van der Waals surface area contributed by atoms with E-state index in [0.717, 1.165) is 18.1 Å². The highest BCUT2D eigenvalue weighted by molar-refractivity contribution is 7.99. The van der Waals surface area contributed by atoms with Crippen molar-refractivity contribution in [2.24, 2.45) is 0 Å². The van der Waals surface area contributed by atoms with Gasteiger partial charge in [0.1, 0.15) is 0 Å². The average molecular weight is 280 g/mol. The molecule has 0 aromatic heterocycles. The van der Waals surface area contributed by atoms with Crippen molar-refractivity contribution in [2.45, 2.75) is 12.5 Å². The first-order valence-corrected chi connectivity index (χ1v) is 7.25. The van der Waals surface area contributed by atoms with Crippen LogP contribution in [0.1, 0.15) is 16.8 Å². The van der Waals surface area contributed by atoms with Gasteiger partial charge in [-0.25, -0.2) is 4.79 Å². The van der Waals surface area contributed by atoms with E-state index in [0.29, 0.717) is 12.1 Å². The number of anilines is 1. The third-order valence-electron chi connectivity index (χ3n) is 2.86. The summed E-state index contributed by atoms with van der Waals surface area (Å²) in [5.41, 5.74) is 0.463. The van der Waals surface area contributed by atoms with E-state index in [1.54, 1.807) is 18.2 Å². The molecule has 6 heteroatoms. The summed E-state index contributed by atoms with van der Waals surface area (Å²) in [5, 5.41) is 15.0. The molecular weight excluding hydrogens is 264 g/mol. The van der Waals surface area contributed by atoms with E-state index in [4.69, 9.17) is 5.11 Å². The van der Waals surface area contributed by atoms with E-state index in [9.17, 15) is 9.59 Å². The molecule has 5 nitrogen and oxygen atoms in total. The number of hydrogen-bond acceptors (Lipinski definition) is 4. The van der Waals surface area contributed by atoms with Crippen LogP contribution in [-0.4, -0.2) is 41.1 Å². The highest BCUT2D eigenvalue weighted by Crippen LogP contribution is 2.16. The van der Waals surface area contributed by atoms with Crippen LogP contribution in [0.2, 0.25) is 0 Å². The standard InChI is InChI=1S/C13H16N2O3S/c16-12(7-9-8-19-6-5-14-9)15-11-4-2-1-3-10(11)13(17)18/h1-4,9,14H,5-8H2,(H,15,16)(H,17,18). The van der Waals surface area contributed by atoms with Crippen LogP contribution >= 0.6 is 11.8 Å². The van der Waals surface area contributed by atoms with Crippen LogP contribution in [0.3, 0.4) is 0 Å². The zero-order valence-electron chi connectivity index (χ0n) is 10.4. The van der Waals surface area contributed by atoms with Crippen LogP contribution in [0.15, 0.2) is 24.3 Å². The molecule has 1 unspecified atom stereocenters. The number of thioether (sulfide) groups is 1. The Hall–Kier alpha value is -1.53. The second-order valence-electron chi connectivity index (χ2n) is 4.33. The Bertz CT molecular complexity index is 473. The van der Waals surface area contributed by atoms with Gasteiger partial charge < -0.3 is 15.7 Å². The molecule has 1 aliphatic rings. The van der Waals surface area contributed by atoms with E-state index >= 15 is 0 Å². The summed E-state index contributed by atoms with van der Waals surface area (Å²) in [6, 6.07) is 6.59. The minimum absolute atomic E-state index is 0.113. The van der Waals surface area contributed by atoms with Crippen LogP contribution in [0.4, 0.5) is 5.69 Å². The smallest absolute Gasteiger partial charge is 0.337 e. The fraction of sp³-hybridized carbons (Fsp3) is 0.385. The Morgan fingerprint density at radius 3 is 2.89 bits per heavy atom. The van der Waals surface area contributed by atoms with E-state index in [1.165, 1.54) is 6.07 Å². The number of nitrogens with one attached hydrogen (secondary N) is 2. The normalized spacial score (nSPS) is 18.8. The quantitative estimate of drug-likeness (QED) is 0.777. The second-order valence-corrected chi connectivity index (χ2v) is 5.48. The summed E-state index contributed by atoms with van der Waals surface area (Å²) in [5.74, 6) is 0.782. The number of carbonyl (C=O) groups is 2. The monoisotopic (exact) mass is 280 g/mol. The Morgan fingerprint density at radius 2 is 2.21 bits per heavy atom. The Labute approximate surface area is 115 Å². The molecule has 0 bridgehead atoms. The summed E-state index contributed by atoms with van der Waals surface area (Å²) in [6.07, 6.45) is 0.362. The zero-order valence-corrected chi connectivity index (χ0v) is 11.2. The molecule has 1 fully saturated rings. The van der Waals surface area contributed by atoms with Crippen molar-refractivity contribution < 1.29 is 14.7 Å². The Morgan fingerprint density at radius 1 is 1.42 bits per heavy atom. The molecule has 1 amide bonds. The molecule has 1 aromatic rings. The lowest BCUT2D eigenvalue weighted by atomic mass is 10.1. The fourth-order valence-electron chi connectivity index (χ4n) is 1.95. The summed E-state index contributed by atoms with van der Waals surface area (Å²) < 4.78 is 0. The van der Waals surface area contributed by atoms with Gasteiger partial charge in [0.15, 0.2) is 0 Å². The van der Waals surface area contributed by atoms with Crippen molar-refractivity contribution in [2.75, 3.05) is 23.4 Å². The highest BCUT2D eigenvalue weighted by atomic mass is 32.2. The van der Waals surface area contributed by atoms with Gasteiger partial charge >= 0.3 is 5.97 Å². The predicted octanol–water partition coefficient (Wildman–Crippen LogP) is 1.42. The molecule has 1 aromatic carbocycles. The van der Waals surface area contributed by atoms with Crippen LogP contribution in [-0.2, 0) is 4.79 Å². The van der Waals surface area contributed by atoms with Crippen LogP contribution in [0.25, 0.3) is 0 Å². The van der Waals surface area contributed by atoms with E-state index in [1.807, 2.05) is 11.8 Å². The maximum atomic E-state index is 11.9. The molecule has 0 radical (unpaired) electrons. The maximum Gasteiger partial charge on any atom is 0.337 e. The van der Waals surface area contributed by atoms with Crippen molar-refractivity contribution in [1.29, 1.82) is 0 Å². The first-order chi connectivity index (χ1) is 9.16. The third-order valence-corrected chi connectivity index (χ3v) is 3.99. The van der Waals surface area contributed by atoms with Crippen molar-refractivity contribution in [3.05, 3.63) is 29.8 Å². The summed E-state index contributed by atoms with van der Waals surface area (Å²) in [7, 11) is 0. The number of aromatic carboxylic acids is 1. The molecule has 19 heavy (non-hydrogen) atoms. The predicted molar refractivity (Wildman–Crippen MR) is 75.8 cm³/mol. The van der Waals surface area contributed by atoms with Crippen LogP contribution in [0, 0.1) is 0 Å². The van der Waals surface area contributed by atoms with Gasteiger partial charge in [0.25, 0.3) is 0 Å². The van der Waals surface area contributed by atoms with Crippen molar-refractivity contribution in [3.63, 3.8) is 0 Å². The number of hydrogen-bond donors (Lipinski definition) is 3. The number of benzene rings is 1. The molecular formula is C13H16N2O3S. The van der Waals surface area contributed by atoms with Gasteiger partial charge in [-0.3, -0.25) is 4.79 Å². The minimum atomic E-state index is -1.04. The zero-order chi connectivity index (χ0) is 13.7. The van der Waals surface area contributed by atoms with E-state index < -0.39 is 5.97 Å². The van der Waals surface area contributed by atoms with E-state index in [2.05, 4.69) is 10.6 Å². The minimum Gasteiger partial charge on any atom is -0.478 e. The highest BCUT2D eigenvalue weighted by Gasteiger charge is 2.18.